The number of hydrogen-bond donors (Lipinski definition) is 1. The largest absolute Gasteiger partial charge is 0.322 e. The van der Waals surface area contributed by atoms with Crippen molar-refractivity contribution < 1.29 is 4.79 Å². The molecule has 6 heteroatoms. The van der Waals surface area contributed by atoms with E-state index in [4.69, 9.17) is 4.98 Å². The molecule has 0 bridgehead atoms. The quantitative estimate of drug-likeness (QED) is 0.348. The molecular weight excluding hydrogens is 436 g/mol. The molecule has 1 aromatic heterocycles. The summed E-state index contributed by atoms with van der Waals surface area (Å²) in [4.78, 5) is 33.8. The molecule has 180 valence electrons. The average Bonchev–Trinajstić information content (AvgIpc) is 2.87. The van der Waals surface area contributed by atoms with Gasteiger partial charge < -0.3 is 10.2 Å². The van der Waals surface area contributed by atoms with Gasteiger partial charge in [-0.2, -0.15) is 0 Å². The van der Waals surface area contributed by atoms with Crippen LogP contribution in [0.25, 0.3) is 16.6 Å². The minimum absolute atomic E-state index is 0.138. The van der Waals surface area contributed by atoms with E-state index in [1.54, 1.807) is 15.5 Å². The second-order valence-electron chi connectivity index (χ2n) is 8.66. The summed E-state index contributed by atoms with van der Waals surface area (Å²) < 4.78 is 1.66. The van der Waals surface area contributed by atoms with Gasteiger partial charge in [0.2, 0.25) is 0 Å². The number of anilines is 1. The van der Waals surface area contributed by atoms with Gasteiger partial charge in [-0.25, -0.2) is 9.78 Å². The number of para-hydroxylation sites is 1. The number of nitrogens with one attached hydrogen (secondary N) is 1. The van der Waals surface area contributed by atoms with E-state index < -0.39 is 6.04 Å². The zero-order valence-corrected chi connectivity index (χ0v) is 20.8. The van der Waals surface area contributed by atoms with Gasteiger partial charge in [-0.1, -0.05) is 50.2 Å². The summed E-state index contributed by atoms with van der Waals surface area (Å²) in [5.41, 5.74) is 4.23. The Morgan fingerprint density at radius 1 is 1.00 bits per heavy atom. The molecule has 4 aromatic rings. The van der Waals surface area contributed by atoms with Gasteiger partial charge in [-0.3, -0.25) is 9.36 Å². The molecule has 3 aromatic carbocycles. The Morgan fingerprint density at radius 3 is 2.40 bits per heavy atom. The van der Waals surface area contributed by atoms with Crippen LogP contribution in [-0.4, -0.2) is 27.0 Å². The first kappa shape index (κ1) is 24.2. The maximum Gasteiger partial charge on any atom is 0.322 e. The van der Waals surface area contributed by atoms with Crippen LogP contribution in [0.15, 0.2) is 77.6 Å². The fourth-order valence-corrected chi connectivity index (χ4v) is 4.46. The predicted octanol–water partition coefficient (Wildman–Crippen LogP) is 6.26. The highest BCUT2D eigenvalue weighted by Crippen LogP contribution is 2.27. The third kappa shape index (κ3) is 4.97. The molecule has 0 saturated carbocycles. The zero-order chi connectivity index (χ0) is 24.9. The highest BCUT2D eigenvalue weighted by Gasteiger charge is 2.28. The molecule has 35 heavy (non-hydrogen) atoms. The van der Waals surface area contributed by atoms with E-state index in [0.717, 1.165) is 23.4 Å². The molecule has 0 aliphatic heterocycles. The number of carbonyl (C=O) groups excluding carboxylic acids is 1. The van der Waals surface area contributed by atoms with E-state index in [1.807, 2.05) is 87.5 Å². The van der Waals surface area contributed by atoms with Gasteiger partial charge in [0.1, 0.15) is 5.82 Å². The van der Waals surface area contributed by atoms with E-state index in [9.17, 15) is 9.59 Å². The van der Waals surface area contributed by atoms with Gasteiger partial charge in [-0.15, -0.1) is 0 Å². The summed E-state index contributed by atoms with van der Waals surface area (Å²) in [7, 11) is 0. The van der Waals surface area contributed by atoms with Gasteiger partial charge in [-0.05, 0) is 74.2 Å². The Hall–Kier alpha value is -3.93. The summed E-state index contributed by atoms with van der Waals surface area (Å²) in [6, 6.07) is 22.4. The molecule has 0 aliphatic carbocycles. The first-order valence-electron chi connectivity index (χ1n) is 12.2. The molecular formula is C29H32N4O2. The Kier molecular flexibility index (Phi) is 7.30. The summed E-state index contributed by atoms with van der Waals surface area (Å²) in [5.74, 6) is 0.556. The van der Waals surface area contributed by atoms with Gasteiger partial charge in [0.15, 0.2) is 0 Å². The second-order valence-corrected chi connectivity index (χ2v) is 8.66. The lowest BCUT2D eigenvalue weighted by Gasteiger charge is -2.31. The number of urea groups is 1. The van der Waals surface area contributed by atoms with Crippen molar-refractivity contribution in [1.29, 1.82) is 0 Å². The standard InChI is InChI=1S/C29H32N4O2/c1-5-21-15-17-22(18-16-21)30-29(35)32(7-3)26(6-2)27-31-25-14-9-8-13-24(25)28(34)33(27)23-12-10-11-20(4)19-23/h8-19,26H,5-7H2,1-4H3,(H,30,35). The molecule has 1 heterocycles. The minimum atomic E-state index is -0.396. The molecule has 0 spiro atoms. The van der Waals surface area contributed by atoms with Crippen LogP contribution >= 0.6 is 0 Å². The van der Waals surface area contributed by atoms with Crippen LogP contribution in [0.2, 0.25) is 0 Å². The fourth-order valence-electron chi connectivity index (χ4n) is 4.46. The van der Waals surface area contributed by atoms with Crippen LogP contribution in [0.1, 0.15) is 50.2 Å². The Bertz CT molecular complexity index is 1390. The van der Waals surface area contributed by atoms with Crippen molar-refractivity contribution >= 4 is 22.6 Å². The number of amides is 2. The van der Waals surface area contributed by atoms with Crippen LogP contribution in [0.4, 0.5) is 10.5 Å². The average molecular weight is 469 g/mol. The summed E-state index contributed by atoms with van der Waals surface area (Å²) in [6.07, 6.45) is 1.55. The van der Waals surface area contributed by atoms with Gasteiger partial charge in [0.05, 0.1) is 22.6 Å². The van der Waals surface area contributed by atoms with Crippen LogP contribution in [0.3, 0.4) is 0 Å². The van der Waals surface area contributed by atoms with Crippen molar-refractivity contribution in [3.05, 3.63) is 100 Å². The summed E-state index contributed by atoms with van der Waals surface area (Å²) >= 11 is 0. The van der Waals surface area contributed by atoms with Gasteiger partial charge >= 0.3 is 6.03 Å². The maximum absolute atomic E-state index is 13.7. The lowest BCUT2D eigenvalue weighted by atomic mass is 10.1. The molecule has 6 nitrogen and oxygen atoms in total. The van der Waals surface area contributed by atoms with Crippen LogP contribution < -0.4 is 10.9 Å². The van der Waals surface area contributed by atoms with E-state index in [-0.39, 0.29) is 11.6 Å². The number of rotatable bonds is 7. The number of fused-ring (bicyclic) bond motifs is 1. The molecule has 0 saturated heterocycles. The van der Waals surface area contributed by atoms with E-state index in [2.05, 4.69) is 12.2 Å². The van der Waals surface area contributed by atoms with Crippen LogP contribution in [0.5, 0.6) is 0 Å². The lowest BCUT2D eigenvalue weighted by molar-refractivity contribution is 0.185. The topological polar surface area (TPSA) is 67.2 Å². The van der Waals surface area contributed by atoms with Crippen molar-refractivity contribution in [3.63, 3.8) is 0 Å². The normalized spacial score (nSPS) is 11.9. The predicted molar refractivity (Wildman–Crippen MR) is 142 cm³/mol. The van der Waals surface area contributed by atoms with Crippen LogP contribution in [-0.2, 0) is 6.42 Å². The van der Waals surface area contributed by atoms with Crippen molar-refractivity contribution in [1.82, 2.24) is 14.5 Å². The van der Waals surface area contributed by atoms with E-state index >= 15 is 0 Å². The molecule has 2 amide bonds. The van der Waals surface area contributed by atoms with Gasteiger partial charge in [0.25, 0.3) is 5.56 Å². The number of hydrogen-bond acceptors (Lipinski definition) is 3. The lowest BCUT2D eigenvalue weighted by Crippen LogP contribution is -2.40. The highest BCUT2D eigenvalue weighted by molar-refractivity contribution is 5.89. The van der Waals surface area contributed by atoms with E-state index in [1.165, 1.54) is 5.56 Å². The molecule has 0 fully saturated rings. The summed E-state index contributed by atoms with van der Waals surface area (Å²) in [6.45, 7) is 8.52. The molecule has 0 radical (unpaired) electrons. The second kappa shape index (κ2) is 10.6. The van der Waals surface area contributed by atoms with Crippen LogP contribution in [0, 0.1) is 6.92 Å². The fraction of sp³-hybridized carbons (Fsp3) is 0.276. The highest BCUT2D eigenvalue weighted by atomic mass is 16.2. The van der Waals surface area contributed by atoms with Gasteiger partial charge in [0, 0.05) is 12.2 Å². The molecule has 0 aliphatic rings. The monoisotopic (exact) mass is 468 g/mol. The number of aryl methyl sites for hydroxylation is 2. The smallest absolute Gasteiger partial charge is 0.315 e. The van der Waals surface area contributed by atoms with Crippen molar-refractivity contribution in [2.24, 2.45) is 0 Å². The number of benzene rings is 3. The molecule has 1 atom stereocenters. The zero-order valence-electron chi connectivity index (χ0n) is 20.8. The third-order valence-corrected chi connectivity index (χ3v) is 6.34. The van der Waals surface area contributed by atoms with E-state index in [0.29, 0.717) is 29.7 Å². The third-order valence-electron chi connectivity index (χ3n) is 6.34. The Morgan fingerprint density at radius 2 is 1.74 bits per heavy atom. The van der Waals surface area contributed by atoms with Crippen molar-refractivity contribution in [2.45, 2.75) is 46.6 Å². The Balaban J connectivity index is 1.81. The SMILES string of the molecule is CCc1ccc(NC(=O)N(CC)C(CC)c2nc3ccccc3c(=O)n2-c2cccc(C)c2)cc1. The maximum atomic E-state index is 13.7. The van der Waals surface area contributed by atoms with Crippen molar-refractivity contribution in [2.75, 3.05) is 11.9 Å². The number of aromatic nitrogens is 2. The van der Waals surface area contributed by atoms with Crippen molar-refractivity contribution in [3.8, 4) is 5.69 Å². The molecule has 1 N–H and O–H groups in total. The minimum Gasteiger partial charge on any atom is -0.315 e. The molecule has 4 rings (SSSR count). The number of carbonyl (C=O) groups is 1. The molecule has 1 unspecified atom stereocenters. The summed E-state index contributed by atoms with van der Waals surface area (Å²) in [5, 5.41) is 3.57. The Labute approximate surface area is 206 Å². The first-order valence-corrected chi connectivity index (χ1v) is 12.2. The number of nitrogens with zero attached hydrogens (tertiary/aromatic N) is 3. The first-order chi connectivity index (χ1) is 17.0.